The molecule has 1 aliphatic heterocycles. The van der Waals surface area contributed by atoms with Crippen LogP contribution in [0.5, 0.6) is 0 Å². The van der Waals surface area contributed by atoms with Crippen LogP contribution < -0.4 is 0 Å². The summed E-state index contributed by atoms with van der Waals surface area (Å²) in [4.78, 5) is 2.26. The fourth-order valence-electron chi connectivity index (χ4n) is 3.03. The zero-order valence-electron chi connectivity index (χ0n) is 13.7. The number of likely N-dealkylation sites (tertiary alicyclic amines) is 1. The summed E-state index contributed by atoms with van der Waals surface area (Å²) in [6, 6.07) is 9.80. The second kappa shape index (κ2) is 7.25. The molecule has 2 unspecified atom stereocenters. The first-order chi connectivity index (χ1) is 11.1. The van der Waals surface area contributed by atoms with Gasteiger partial charge in [0, 0.05) is 25.2 Å². The SMILES string of the molecule is Cc1noc(C)c1COC1CCN(CC(O)c2ccccc2)C1. The minimum Gasteiger partial charge on any atom is -0.387 e. The third-order valence-electron chi connectivity index (χ3n) is 4.49. The summed E-state index contributed by atoms with van der Waals surface area (Å²) >= 11 is 0. The van der Waals surface area contributed by atoms with Gasteiger partial charge >= 0.3 is 0 Å². The number of hydrogen-bond donors (Lipinski definition) is 1. The molecule has 2 aromatic rings. The molecule has 1 aromatic carbocycles. The van der Waals surface area contributed by atoms with Crippen molar-refractivity contribution in [3.63, 3.8) is 0 Å². The summed E-state index contributed by atoms with van der Waals surface area (Å²) in [5.74, 6) is 0.830. The van der Waals surface area contributed by atoms with Crippen LogP contribution in [0.3, 0.4) is 0 Å². The van der Waals surface area contributed by atoms with Gasteiger partial charge in [0.2, 0.25) is 0 Å². The average Bonchev–Trinajstić information content (AvgIpc) is 3.13. The smallest absolute Gasteiger partial charge is 0.139 e. The first-order valence-electron chi connectivity index (χ1n) is 8.12. The van der Waals surface area contributed by atoms with Gasteiger partial charge in [-0.25, -0.2) is 0 Å². The standard InChI is InChI=1S/C18H24N2O3/c1-13-17(14(2)23-19-13)12-22-16-8-9-20(10-16)11-18(21)15-6-4-3-5-7-15/h3-7,16,18,21H,8-12H2,1-2H3. The number of hydrogen-bond acceptors (Lipinski definition) is 5. The number of nitrogens with zero attached hydrogens (tertiary/aromatic N) is 2. The van der Waals surface area contributed by atoms with Crippen molar-refractivity contribution >= 4 is 0 Å². The van der Waals surface area contributed by atoms with E-state index in [1.165, 1.54) is 0 Å². The van der Waals surface area contributed by atoms with E-state index in [-0.39, 0.29) is 6.10 Å². The van der Waals surface area contributed by atoms with Crippen LogP contribution in [0.4, 0.5) is 0 Å². The Morgan fingerprint density at radius 3 is 2.83 bits per heavy atom. The van der Waals surface area contributed by atoms with Crippen molar-refractivity contribution in [3.05, 3.63) is 52.9 Å². The van der Waals surface area contributed by atoms with Gasteiger partial charge in [-0.05, 0) is 25.8 Å². The monoisotopic (exact) mass is 316 g/mol. The Labute approximate surface area is 136 Å². The van der Waals surface area contributed by atoms with Gasteiger partial charge in [-0.3, -0.25) is 4.90 Å². The summed E-state index contributed by atoms with van der Waals surface area (Å²) in [5, 5.41) is 14.3. The van der Waals surface area contributed by atoms with E-state index in [1.807, 2.05) is 44.2 Å². The average molecular weight is 316 g/mol. The first-order valence-corrected chi connectivity index (χ1v) is 8.12. The van der Waals surface area contributed by atoms with Gasteiger partial charge in [0.05, 0.1) is 24.5 Å². The van der Waals surface area contributed by atoms with E-state index in [0.29, 0.717) is 13.2 Å². The number of β-amino-alcohol motifs (C(OH)–C–C–N with tert-alkyl or cyclic N) is 1. The maximum Gasteiger partial charge on any atom is 0.139 e. The largest absolute Gasteiger partial charge is 0.387 e. The molecule has 5 heteroatoms. The van der Waals surface area contributed by atoms with E-state index in [0.717, 1.165) is 42.1 Å². The minimum absolute atomic E-state index is 0.201. The number of aliphatic hydroxyl groups excluding tert-OH is 1. The molecule has 124 valence electrons. The molecule has 1 N–H and O–H groups in total. The predicted octanol–water partition coefficient (Wildman–Crippen LogP) is 2.62. The van der Waals surface area contributed by atoms with Crippen molar-refractivity contribution in [2.24, 2.45) is 0 Å². The molecule has 1 fully saturated rings. The second-order valence-corrected chi connectivity index (χ2v) is 6.21. The van der Waals surface area contributed by atoms with Gasteiger partial charge < -0.3 is 14.4 Å². The molecule has 5 nitrogen and oxygen atoms in total. The van der Waals surface area contributed by atoms with Crippen molar-refractivity contribution in [1.82, 2.24) is 10.1 Å². The maximum atomic E-state index is 10.3. The molecule has 0 bridgehead atoms. The number of benzene rings is 1. The summed E-state index contributed by atoms with van der Waals surface area (Å²) in [5.41, 5.74) is 2.91. The molecular formula is C18H24N2O3. The molecule has 2 heterocycles. The van der Waals surface area contributed by atoms with Crippen LogP contribution in [0.2, 0.25) is 0 Å². The highest BCUT2D eigenvalue weighted by atomic mass is 16.5. The van der Waals surface area contributed by atoms with Crippen LogP contribution in [0, 0.1) is 13.8 Å². The number of aryl methyl sites for hydroxylation is 2. The highest BCUT2D eigenvalue weighted by Gasteiger charge is 2.25. The third-order valence-corrected chi connectivity index (χ3v) is 4.49. The van der Waals surface area contributed by atoms with Crippen molar-refractivity contribution in [1.29, 1.82) is 0 Å². The molecule has 0 saturated carbocycles. The Morgan fingerprint density at radius 2 is 2.13 bits per heavy atom. The van der Waals surface area contributed by atoms with Crippen LogP contribution in [0.25, 0.3) is 0 Å². The van der Waals surface area contributed by atoms with Gasteiger partial charge in [0.25, 0.3) is 0 Å². The Balaban J connectivity index is 1.47. The second-order valence-electron chi connectivity index (χ2n) is 6.21. The van der Waals surface area contributed by atoms with Gasteiger partial charge in [0.15, 0.2) is 0 Å². The van der Waals surface area contributed by atoms with Crippen LogP contribution in [-0.2, 0) is 11.3 Å². The van der Waals surface area contributed by atoms with Gasteiger partial charge in [-0.1, -0.05) is 35.5 Å². The lowest BCUT2D eigenvalue weighted by molar-refractivity contribution is 0.0409. The zero-order chi connectivity index (χ0) is 16.2. The van der Waals surface area contributed by atoms with E-state index in [1.54, 1.807) is 0 Å². The number of aromatic nitrogens is 1. The fourth-order valence-corrected chi connectivity index (χ4v) is 3.03. The lowest BCUT2D eigenvalue weighted by Gasteiger charge is -2.20. The molecule has 0 amide bonds. The number of aliphatic hydroxyl groups is 1. The zero-order valence-corrected chi connectivity index (χ0v) is 13.7. The van der Waals surface area contributed by atoms with Gasteiger partial charge in [-0.15, -0.1) is 0 Å². The van der Waals surface area contributed by atoms with Gasteiger partial charge in [0.1, 0.15) is 5.76 Å². The van der Waals surface area contributed by atoms with E-state index < -0.39 is 6.10 Å². The molecule has 1 aliphatic rings. The molecule has 0 radical (unpaired) electrons. The number of rotatable bonds is 6. The van der Waals surface area contributed by atoms with Gasteiger partial charge in [-0.2, -0.15) is 0 Å². The Hall–Kier alpha value is -1.69. The topological polar surface area (TPSA) is 58.7 Å². The lowest BCUT2D eigenvalue weighted by atomic mass is 10.1. The fraction of sp³-hybridized carbons (Fsp3) is 0.500. The molecule has 0 spiro atoms. The summed E-state index contributed by atoms with van der Waals surface area (Å²) in [6.45, 7) is 6.85. The van der Waals surface area contributed by atoms with E-state index in [4.69, 9.17) is 9.26 Å². The molecule has 2 atom stereocenters. The van der Waals surface area contributed by atoms with Crippen molar-refractivity contribution in [3.8, 4) is 0 Å². The molecule has 23 heavy (non-hydrogen) atoms. The van der Waals surface area contributed by atoms with Crippen LogP contribution in [-0.4, -0.2) is 40.9 Å². The minimum atomic E-state index is -0.447. The quantitative estimate of drug-likeness (QED) is 0.888. The summed E-state index contributed by atoms with van der Waals surface area (Å²) in [7, 11) is 0. The number of ether oxygens (including phenoxy) is 1. The lowest BCUT2D eigenvalue weighted by Crippen LogP contribution is -2.28. The van der Waals surface area contributed by atoms with E-state index >= 15 is 0 Å². The van der Waals surface area contributed by atoms with Crippen molar-refractivity contribution in [2.75, 3.05) is 19.6 Å². The van der Waals surface area contributed by atoms with Crippen molar-refractivity contribution in [2.45, 2.75) is 39.1 Å². The van der Waals surface area contributed by atoms with E-state index in [2.05, 4.69) is 10.1 Å². The molecule has 1 saturated heterocycles. The molecule has 1 aromatic heterocycles. The van der Waals surface area contributed by atoms with Crippen LogP contribution >= 0.6 is 0 Å². The summed E-state index contributed by atoms with van der Waals surface area (Å²) < 4.78 is 11.2. The maximum absolute atomic E-state index is 10.3. The molecule has 0 aliphatic carbocycles. The van der Waals surface area contributed by atoms with Crippen LogP contribution in [0.15, 0.2) is 34.9 Å². The highest BCUT2D eigenvalue weighted by Crippen LogP contribution is 2.21. The first kappa shape index (κ1) is 16.2. The predicted molar refractivity (Wildman–Crippen MR) is 87.0 cm³/mol. The third kappa shape index (κ3) is 3.99. The van der Waals surface area contributed by atoms with Crippen LogP contribution in [0.1, 0.15) is 35.1 Å². The Kier molecular flexibility index (Phi) is 5.10. The molecule has 3 rings (SSSR count). The Bertz CT molecular complexity index is 607. The van der Waals surface area contributed by atoms with E-state index in [9.17, 15) is 5.11 Å². The highest BCUT2D eigenvalue weighted by molar-refractivity contribution is 5.19. The normalized spacial score (nSPS) is 20.0. The molecular weight excluding hydrogens is 292 g/mol. The summed E-state index contributed by atoms with van der Waals surface area (Å²) in [6.07, 6.45) is 0.745. The Morgan fingerprint density at radius 1 is 1.35 bits per heavy atom. The van der Waals surface area contributed by atoms with Crippen molar-refractivity contribution < 1.29 is 14.4 Å².